The molecule has 0 aromatic carbocycles. The molecule has 0 fully saturated rings. The summed E-state index contributed by atoms with van der Waals surface area (Å²) in [4.78, 5) is 31.4. The van der Waals surface area contributed by atoms with E-state index in [4.69, 9.17) is 0 Å². The average Bonchev–Trinajstić information content (AvgIpc) is 3.20. The Morgan fingerprint density at radius 3 is 2.76 bits per heavy atom. The van der Waals surface area contributed by atoms with Crippen LogP contribution in [0.5, 0.6) is 0 Å². The van der Waals surface area contributed by atoms with Gasteiger partial charge in [0.05, 0.1) is 18.1 Å². The van der Waals surface area contributed by atoms with Crippen LogP contribution in [0.4, 0.5) is 23.4 Å². The van der Waals surface area contributed by atoms with Crippen molar-refractivity contribution < 1.29 is 22.4 Å². The van der Waals surface area contributed by atoms with Crippen molar-refractivity contribution in [3.8, 4) is 22.4 Å². The van der Waals surface area contributed by atoms with Crippen LogP contribution >= 0.6 is 0 Å². The fraction of sp³-hybridized carbons (Fsp3) is 0.190. The zero-order valence-electron chi connectivity index (χ0n) is 17.1. The smallest absolute Gasteiger partial charge is 0.357 e. The number of halogens is 4. The van der Waals surface area contributed by atoms with Crippen LogP contribution in [0.3, 0.4) is 0 Å². The highest BCUT2D eigenvalue weighted by atomic mass is 19.4. The summed E-state index contributed by atoms with van der Waals surface area (Å²) in [6.45, 7) is -0.0177. The van der Waals surface area contributed by atoms with Gasteiger partial charge in [-0.1, -0.05) is 0 Å². The highest BCUT2D eigenvalue weighted by Crippen LogP contribution is 2.30. The molecule has 4 rings (SSSR count). The van der Waals surface area contributed by atoms with Crippen molar-refractivity contribution in [2.45, 2.75) is 19.1 Å². The number of anilines is 1. The van der Waals surface area contributed by atoms with Crippen molar-refractivity contribution in [1.82, 2.24) is 30.2 Å². The normalized spacial score (nSPS) is 12.5. The minimum absolute atomic E-state index is 0.193. The van der Waals surface area contributed by atoms with Crippen molar-refractivity contribution >= 4 is 22.8 Å². The second-order valence-corrected chi connectivity index (χ2v) is 7.15. The lowest BCUT2D eigenvalue weighted by molar-refractivity contribution is -0.138. The highest BCUT2D eigenvalue weighted by molar-refractivity contribution is 5.95. The van der Waals surface area contributed by atoms with Crippen LogP contribution in [0, 0.1) is 5.95 Å². The van der Waals surface area contributed by atoms with Crippen LogP contribution < -0.4 is 10.6 Å². The van der Waals surface area contributed by atoms with E-state index < -0.39 is 30.6 Å². The number of carbonyl (C=O) groups is 1. The molecule has 0 aliphatic carbocycles. The van der Waals surface area contributed by atoms with Gasteiger partial charge in [-0.15, -0.1) is 0 Å². The van der Waals surface area contributed by atoms with E-state index in [1.165, 1.54) is 31.7 Å². The van der Waals surface area contributed by atoms with E-state index >= 15 is 0 Å². The zero-order valence-corrected chi connectivity index (χ0v) is 17.1. The number of carbonyl (C=O) groups excluding carboxylic acids is 1. The minimum Gasteiger partial charge on any atom is -0.357 e. The third-order valence-electron chi connectivity index (χ3n) is 4.73. The van der Waals surface area contributed by atoms with E-state index in [0.29, 0.717) is 33.4 Å². The minimum atomic E-state index is -4.50. The molecule has 8 nitrogen and oxygen atoms in total. The van der Waals surface area contributed by atoms with Gasteiger partial charge in [-0.3, -0.25) is 9.78 Å². The van der Waals surface area contributed by atoms with Gasteiger partial charge in [-0.25, -0.2) is 15.0 Å². The lowest BCUT2D eigenvalue weighted by Crippen LogP contribution is -2.42. The van der Waals surface area contributed by atoms with Crippen molar-refractivity contribution in [3.63, 3.8) is 0 Å². The molecule has 0 saturated carbocycles. The largest absolute Gasteiger partial charge is 0.405 e. The summed E-state index contributed by atoms with van der Waals surface area (Å²) in [6, 6.07) is 3.96. The summed E-state index contributed by atoms with van der Waals surface area (Å²) in [5.41, 5.74) is 2.39. The lowest BCUT2D eigenvalue weighted by Gasteiger charge is -2.15. The van der Waals surface area contributed by atoms with Crippen molar-refractivity contribution in [2.75, 3.05) is 11.9 Å². The summed E-state index contributed by atoms with van der Waals surface area (Å²) >= 11 is 0. The summed E-state index contributed by atoms with van der Waals surface area (Å²) in [7, 11) is 0. The molecule has 0 aliphatic rings. The number of alkyl halides is 3. The number of pyridine rings is 2. The van der Waals surface area contributed by atoms with Gasteiger partial charge in [-0.05, 0) is 25.1 Å². The number of fused-ring (bicyclic) bond motifs is 1. The Labute approximate surface area is 184 Å². The van der Waals surface area contributed by atoms with E-state index in [-0.39, 0.29) is 5.82 Å². The van der Waals surface area contributed by atoms with Gasteiger partial charge in [0.2, 0.25) is 11.9 Å². The molecule has 4 heterocycles. The van der Waals surface area contributed by atoms with E-state index in [0.717, 1.165) is 0 Å². The van der Waals surface area contributed by atoms with E-state index in [9.17, 15) is 22.4 Å². The van der Waals surface area contributed by atoms with Gasteiger partial charge in [-0.2, -0.15) is 17.6 Å². The number of hydrogen-bond acceptors (Lipinski definition) is 6. The molecular weight excluding hydrogens is 442 g/mol. The fourth-order valence-electron chi connectivity index (χ4n) is 3.16. The summed E-state index contributed by atoms with van der Waals surface area (Å²) in [6.07, 6.45) is 2.86. The van der Waals surface area contributed by atoms with Gasteiger partial charge in [0.25, 0.3) is 0 Å². The van der Waals surface area contributed by atoms with Gasteiger partial charge in [0.1, 0.15) is 24.1 Å². The number of aromatic nitrogens is 5. The first kappa shape index (κ1) is 22.1. The van der Waals surface area contributed by atoms with Crippen molar-refractivity contribution in [2.24, 2.45) is 0 Å². The van der Waals surface area contributed by atoms with Crippen LogP contribution in [-0.4, -0.2) is 49.6 Å². The van der Waals surface area contributed by atoms with Gasteiger partial charge >= 0.3 is 6.18 Å². The Morgan fingerprint density at radius 1 is 1.18 bits per heavy atom. The molecule has 0 radical (unpaired) electrons. The van der Waals surface area contributed by atoms with E-state index in [2.05, 4.69) is 30.2 Å². The van der Waals surface area contributed by atoms with E-state index in [1.54, 1.807) is 24.4 Å². The van der Waals surface area contributed by atoms with Gasteiger partial charge < -0.3 is 15.6 Å². The number of hydrogen-bond donors (Lipinski definition) is 3. The standard InChI is InChI=1S/C21H17F4N7O/c1-11(20(33)30-10-21(23,24)25)31-17-9-26-8-16(32-17)15-7-29-19-14(15)5-12(6-28-19)13-3-2-4-27-18(13)22/h2-9,11H,10H2,1H3,(H,28,29)(H,30,33)(H,31,32)/t11-/m1/s1. The van der Waals surface area contributed by atoms with Crippen molar-refractivity contribution in [1.29, 1.82) is 0 Å². The first-order chi connectivity index (χ1) is 15.7. The first-order valence-corrected chi connectivity index (χ1v) is 9.73. The SMILES string of the molecule is C[C@@H](Nc1cncc(-c2c[nH]c3ncc(-c4cccnc4F)cc23)n1)C(=O)NCC(F)(F)F. The number of amides is 1. The summed E-state index contributed by atoms with van der Waals surface area (Å²) in [5, 5.41) is 5.20. The predicted octanol–water partition coefficient (Wildman–Crippen LogP) is 3.70. The number of nitrogens with zero attached hydrogens (tertiary/aromatic N) is 4. The Kier molecular flexibility index (Phi) is 5.90. The monoisotopic (exact) mass is 459 g/mol. The molecule has 0 saturated heterocycles. The average molecular weight is 459 g/mol. The molecule has 0 spiro atoms. The maximum absolute atomic E-state index is 14.1. The lowest BCUT2D eigenvalue weighted by atomic mass is 10.1. The molecule has 1 amide bonds. The molecule has 4 aromatic heterocycles. The Hall–Kier alpha value is -4.09. The first-order valence-electron chi connectivity index (χ1n) is 9.73. The van der Waals surface area contributed by atoms with E-state index in [1.807, 2.05) is 5.32 Å². The molecule has 0 aliphatic heterocycles. The second kappa shape index (κ2) is 8.81. The molecule has 3 N–H and O–H groups in total. The molecule has 12 heteroatoms. The second-order valence-electron chi connectivity index (χ2n) is 7.15. The van der Waals surface area contributed by atoms with Gasteiger partial charge in [0, 0.05) is 40.7 Å². The summed E-state index contributed by atoms with van der Waals surface area (Å²) in [5.74, 6) is -1.27. The fourth-order valence-corrected chi connectivity index (χ4v) is 3.16. The third-order valence-corrected chi connectivity index (χ3v) is 4.73. The van der Waals surface area contributed by atoms with Crippen LogP contribution in [0.15, 0.2) is 49.2 Å². The molecular formula is C21H17F4N7O. The van der Waals surface area contributed by atoms with Crippen LogP contribution in [0.25, 0.3) is 33.4 Å². The summed E-state index contributed by atoms with van der Waals surface area (Å²) < 4.78 is 51.1. The topological polar surface area (TPSA) is 108 Å². The van der Waals surface area contributed by atoms with Crippen LogP contribution in [0.2, 0.25) is 0 Å². The van der Waals surface area contributed by atoms with Crippen LogP contribution in [-0.2, 0) is 4.79 Å². The number of H-pyrrole nitrogens is 1. The van der Waals surface area contributed by atoms with Crippen molar-refractivity contribution in [3.05, 3.63) is 55.1 Å². The Bertz CT molecular complexity index is 1310. The van der Waals surface area contributed by atoms with Gasteiger partial charge in [0.15, 0.2) is 0 Å². The quantitative estimate of drug-likeness (QED) is 0.300. The molecule has 170 valence electrons. The molecule has 4 aromatic rings. The van der Waals surface area contributed by atoms with Crippen LogP contribution in [0.1, 0.15) is 6.92 Å². The zero-order chi connectivity index (χ0) is 23.6. The third kappa shape index (κ3) is 5.05. The molecule has 0 unspecified atom stereocenters. The number of aromatic amines is 1. The maximum atomic E-state index is 14.1. The number of rotatable bonds is 6. The highest BCUT2D eigenvalue weighted by Gasteiger charge is 2.28. The Morgan fingerprint density at radius 2 is 2.00 bits per heavy atom. The molecule has 0 bridgehead atoms. The Balaban J connectivity index is 1.59. The number of nitrogens with one attached hydrogen (secondary N) is 3. The molecule has 1 atom stereocenters. The molecule has 33 heavy (non-hydrogen) atoms. The predicted molar refractivity (Wildman–Crippen MR) is 112 cm³/mol. The maximum Gasteiger partial charge on any atom is 0.405 e.